The Morgan fingerprint density at radius 1 is 1.60 bits per heavy atom. The summed E-state index contributed by atoms with van der Waals surface area (Å²) in [5.74, 6) is -0.235. The fraction of sp³-hybridized carbons (Fsp3) is 0.600. The van der Waals surface area contributed by atoms with Crippen LogP contribution in [-0.2, 0) is 14.3 Å². The maximum Gasteiger partial charge on any atom is 0.245 e. The number of nitrogens with zero attached hydrogens (tertiary/aromatic N) is 1. The molecule has 1 unspecified atom stereocenters. The van der Waals surface area contributed by atoms with Gasteiger partial charge in [0.05, 0.1) is 6.10 Å². The van der Waals surface area contributed by atoms with Crippen LogP contribution < -0.4 is 5.32 Å². The van der Waals surface area contributed by atoms with Gasteiger partial charge in [0, 0.05) is 33.0 Å². The first-order valence-corrected chi connectivity index (χ1v) is 4.77. The predicted molar refractivity (Wildman–Crippen MR) is 57.1 cm³/mol. The lowest BCUT2D eigenvalue weighted by Gasteiger charge is -2.14. The monoisotopic (exact) mass is 214 g/mol. The van der Waals surface area contributed by atoms with E-state index in [0.717, 1.165) is 6.42 Å². The van der Waals surface area contributed by atoms with Gasteiger partial charge in [-0.15, -0.1) is 0 Å². The van der Waals surface area contributed by atoms with Gasteiger partial charge < -0.3 is 15.0 Å². The largest absolute Gasteiger partial charge is 0.382 e. The van der Waals surface area contributed by atoms with Crippen molar-refractivity contribution in [3.05, 3.63) is 12.3 Å². The number of methoxy groups -OCH3 is 1. The molecule has 86 valence electrons. The number of nitrogens with one attached hydrogen (secondary N) is 1. The van der Waals surface area contributed by atoms with Crippen molar-refractivity contribution in [1.82, 2.24) is 10.2 Å². The average Bonchev–Trinajstić information content (AvgIpc) is 2.28. The molecule has 2 amide bonds. The number of hydrogen-bond acceptors (Lipinski definition) is 3. The minimum atomic E-state index is -0.235. The highest BCUT2D eigenvalue weighted by Crippen LogP contribution is 1.97. The molecule has 0 aliphatic heterocycles. The van der Waals surface area contributed by atoms with Crippen LogP contribution in [0.2, 0.25) is 0 Å². The first kappa shape index (κ1) is 13.6. The minimum Gasteiger partial charge on any atom is -0.382 e. The quantitative estimate of drug-likeness (QED) is 0.484. The molecule has 0 rings (SSSR count). The van der Waals surface area contributed by atoms with Gasteiger partial charge in [0.15, 0.2) is 0 Å². The van der Waals surface area contributed by atoms with E-state index in [2.05, 4.69) is 5.32 Å². The topological polar surface area (TPSA) is 58.6 Å². The summed E-state index contributed by atoms with van der Waals surface area (Å²) in [7, 11) is 3.15. The molecule has 0 aromatic rings. The second-order valence-corrected chi connectivity index (χ2v) is 3.11. The van der Waals surface area contributed by atoms with E-state index in [1.54, 1.807) is 7.11 Å². The van der Waals surface area contributed by atoms with E-state index in [1.165, 1.54) is 24.2 Å². The van der Waals surface area contributed by atoms with E-state index in [1.807, 2.05) is 6.92 Å². The Morgan fingerprint density at radius 3 is 2.73 bits per heavy atom. The first-order chi connectivity index (χ1) is 7.13. The highest BCUT2D eigenvalue weighted by molar-refractivity contribution is 5.87. The van der Waals surface area contributed by atoms with E-state index in [0.29, 0.717) is 13.0 Å². The molecule has 0 heterocycles. The SMILES string of the molecule is CNC(=O)/C=C\N(C=O)CCC(C)OC. The van der Waals surface area contributed by atoms with Gasteiger partial charge in [-0.25, -0.2) is 0 Å². The number of ether oxygens (including phenoxy) is 1. The van der Waals surface area contributed by atoms with Crippen LogP contribution in [0.15, 0.2) is 12.3 Å². The maximum atomic E-state index is 10.9. The molecule has 1 N–H and O–H groups in total. The molecule has 0 saturated heterocycles. The van der Waals surface area contributed by atoms with E-state index in [4.69, 9.17) is 4.74 Å². The van der Waals surface area contributed by atoms with Crippen LogP contribution in [0.3, 0.4) is 0 Å². The summed E-state index contributed by atoms with van der Waals surface area (Å²) in [6.45, 7) is 2.46. The van der Waals surface area contributed by atoms with Crippen LogP contribution in [0.1, 0.15) is 13.3 Å². The Hall–Kier alpha value is -1.36. The molecule has 1 atom stereocenters. The Morgan fingerprint density at radius 2 is 2.27 bits per heavy atom. The summed E-state index contributed by atoms with van der Waals surface area (Å²) in [5, 5.41) is 2.43. The zero-order valence-electron chi connectivity index (χ0n) is 9.40. The van der Waals surface area contributed by atoms with Crippen molar-refractivity contribution in [3.8, 4) is 0 Å². The molecule has 0 bridgehead atoms. The zero-order valence-corrected chi connectivity index (χ0v) is 9.40. The zero-order chi connectivity index (χ0) is 11.7. The van der Waals surface area contributed by atoms with Gasteiger partial charge >= 0.3 is 0 Å². The predicted octanol–water partition coefficient (Wildman–Crippen LogP) is 0.130. The molecular weight excluding hydrogens is 196 g/mol. The molecule has 0 aliphatic rings. The molecule has 0 spiro atoms. The summed E-state index contributed by atoms with van der Waals surface area (Å²) >= 11 is 0. The standard InChI is InChI=1S/C10H18N2O3/c1-9(15-3)4-6-12(8-13)7-5-10(14)11-2/h5,7-9H,4,6H2,1-3H3,(H,11,14)/b7-5-. The van der Waals surface area contributed by atoms with Gasteiger partial charge in [0.25, 0.3) is 0 Å². The van der Waals surface area contributed by atoms with Crippen molar-refractivity contribution < 1.29 is 14.3 Å². The maximum absolute atomic E-state index is 10.9. The fourth-order valence-corrected chi connectivity index (χ4v) is 0.858. The molecule has 0 fully saturated rings. The van der Waals surface area contributed by atoms with Crippen LogP contribution in [0.4, 0.5) is 0 Å². The summed E-state index contributed by atoms with van der Waals surface area (Å²) in [5.41, 5.74) is 0. The number of hydrogen-bond donors (Lipinski definition) is 1. The molecule has 0 aliphatic carbocycles. The molecule has 0 saturated carbocycles. The normalized spacial score (nSPS) is 12.5. The van der Waals surface area contributed by atoms with Gasteiger partial charge in [-0.2, -0.15) is 0 Å². The van der Waals surface area contributed by atoms with Crippen molar-refractivity contribution in [2.45, 2.75) is 19.4 Å². The number of amides is 2. The first-order valence-electron chi connectivity index (χ1n) is 4.77. The molecule has 0 aromatic heterocycles. The van der Waals surface area contributed by atoms with Crippen LogP contribution in [0, 0.1) is 0 Å². The molecule has 0 radical (unpaired) electrons. The van der Waals surface area contributed by atoms with Crippen LogP contribution >= 0.6 is 0 Å². The molecule has 0 aromatic carbocycles. The van der Waals surface area contributed by atoms with E-state index >= 15 is 0 Å². The smallest absolute Gasteiger partial charge is 0.245 e. The fourth-order valence-electron chi connectivity index (χ4n) is 0.858. The van der Waals surface area contributed by atoms with Crippen molar-refractivity contribution in [3.63, 3.8) is 0 Å². The van der Waals surface area contributed by atoms with E-state index < -0.39 is 0 Å². The average molecular weight is 214 g/mol. The number of carbonyl (C=O) groups excluding carboxylic acids is 2. The molecular formula is C10H18N2O3. The highest BCUT2D eigenvalue weighted by atomic mass is 16.5. The van der Waals surface area contributed by atoms with E-state index in [-0.39, 0.29) is 12.0 Å². The lowest BCUT2D eigenvalue weighted by atomic mass is 10.3. The summed E-state index contributed by atoms with van der Waals surface area (Å²) in [6.07, 6.45) is 4.27. The summed E-state index contributed by atoms with van der Waals surface area (Å²) < 4.78 is 5.05. The second kappa shape index (κ2) is 7.99. The summed E-state index contributed by atoms with van der Waals surface area (Å²) in [6, 6.07) is 0. The van der Waals surface area contributed by atoms with Crippen molar-refractivity contribution in [2.75, 3.05) is 20.7 Å². The summed E-state index contributed by atoms with van der Waals surface area (Å²) in [4.78, 5) is 22.9. The number of carbonyl (C=O) groups is 2. The van der Waals surface area contributed by atoms with E-state index in [9.17, 15) is 9.59 Å². The van der Waals surface area contributed by atoms with Crippen molar-refractivity contribution >= 4 is 12.3 Å². The Labute approximate surface area is 90.1 Å². The van der Waals surface area contributed by atoms with Gasteiger partial charge in [-0.3, -0.25) is 9.59 Å². The lowest BCUT2D eigenvalue weighted by molar-refractivity contribution is -0.116. The van der Waals surface area contributed by atoms with Gasteiger partial charge in [-0.1, -0.05) is 0 Å². The third kappa shape index (κ3) is 6.68. The van der Waals surface area contributed by atoms with Crippen LogP contribution in [0.5, 0.6) is 0 Å². The van der Waals surface area contributed by atoms with Crippen LogP contribution in [-0.4, -0.2) is 44.0 Å². The Kier molecular flexibility index (Phi) is 7.27. The van der Waals surface area contributed by atoms with Gasteiger partial charge in [0.2, 0.25) is 12.3 Å². The number of likely N-dealkylation sites (N-methyl/N-ethyl adjacent to an activating group) is 1. The molecule has 5 heteroatoms. The third-order valence-electron chi connectivity index (χ3n) is 2.00. The van der Waals surface area contributed by atoms with Crippen molar-refractivity contribution in [1.29, 1.82) is 0 Å². The van der Waals surface area contributed by atoms with Gasteiger partial charge in [0.1, 0.15) is 0 Å². The lowest BCUT2D eigenvalue weighted by Crippen LogP contribution is -2.22. The second-order valence-electron chi connectivity index (χ2n) is 3.11. The Balaban J connectivity index is 3.98. The molecule has 5 nitrogen and oxygen atoms in total. The third-order valence-corrected chi connectivity index (χ3v) is 2.00. The minimum absolute atomic E-state index is 0.0980. The van der Waals surface area contributed by atoms with Crippen LogP contribution in [0.25, 0.3) is 0 Å². The molecule has 15 heavy (non-hydrogen) atoms. The van der Waals surface area contributed by atoms with Gasteiger partial charge in [-0.05, 0) is 13.3 Å². The van der Waals surface area contributed by atoms with Crippen molar-refractivity contribution in [2.24, 2.45) is 0 Å². The highest BCUT2D eigenvalue weighted by Gasteiger charge is 2.02. The number of rotatable bonds is 7. The Bertz CT molecular complexity index is 229.